The van der Waals surface area contributed by atoms with Gasteiger partial charge in [-0.25, -0.2) is 13.2 Å². The van der Waals surface area contributed by atoms with Crippen molar-refractivity contribution in [2.24, 2.45) is 0 Å². The van der Waals surface area contributed by atoms with Crippen LogP contribution in [0.25, 0.3) is 0 Å². The number of nitrogens with one attached hydrogen (secondary N) is 1. The van der Waals surface area contributed by atoms with E-state index in [1.807, 2.05) is 0 Å². The highest BCUT2D eigenvalue weighted by molar-refractivity contribution is 8.13. The van der Waals surface area contributed by atoms with E-state index in [1.54, 1.807) is 20.8 Å². The number of ether oxygens (including phenoxy) is 1. The minimum atomic E-state index is -4.10. The number of phenolic OH excluding ortho intramolecular Hbond substituents is 1. The summed E-state index contributed by atoms with van der Waals surface area (Å²) in [5.74, 6) is -0.283. The van der Waals surface area contributed by atoms with Crippen LogP contribution in [-0.4, -0.2) is 25.2 Å². The standard InChI is InChI=1S/C11H14ClNO5S/c1-11(2,3)18-10(15)13-8-5-4-7(14)6-9(8)19(12,16)17/h4-6,14H,1-3H3,(H,13,15). The van der Waals surface area contributed by atoms with Crippen molar-refractivity contribution in [2.75, 3.05) is 5.32 Å². The van der Waals surface area contributed by atoms with E-state index in [0.717, 1.165) is 6.07 Å². The summed E-state index contributed by atoms with van der Waals surface area (Å²) in [6.07, 6.45) is -0.820. The molecule has 0 radical (unpaired) electrons. The molecule has 1 aromatic carbocycles. The Morgan fingerprint density at radius 1 is 1.37 bits per heavy atom. The van der Waals surface area contributed by atoms with Crippen LogP contribution < -0.4 is 5.32 Å². The van der Waals surface area contributed by atoms with Crippen molar-refractivity contribution in [2.45, 2.75) is 31.3 Å². The molecule has 0 fully saturated rings. The van der Waals surface area contributed by atoms with Gasteiger partial charge in [-0.15, -0.1) is 0 Å². The molecule has 8 heteroatoms. The van der Waals surface area contributed by atoms with Crippen molar-refractivity contribution < 1.29 is 23.1 Å². The van der Waals surface area contributed by atoms with Crippen LogP contribution in [0, 0.1) is 0 Å². The van der Waals surface area contributed by atoms with Gasteiger partial charge in [0.1, 0.15) is 16.2 Å². The molecule has 106 valence electrons. The fraction of sp³-hybridized carbons (Fsp3) is 0.364. The van der Waals surface area contributed by atoms with Crippen molar-refractivity contribution in [3.05, 3.63) is 18.2 Å². The Bertz CT molecular complexity index is 592. The van der Waals surface area contributed by atoms with E-state index in [1.165, 1.54) is 12.1 Å². The van der Waals surface area contributed by atoms with Crippen LogP contribution in [0.2, 0.25) is 0 Å². The number of hydrogen-bond acceptors (Lipinski definition) is 5. The monoisotopic (exact) mass is 307 g/mol. The molecule has 19 heavy (non-hydrogen) atoms. The molecule has 0 unspecified atom stereocenters. The normalized spacial score (nSPS) is 12.0. The van der Waals surface area contributed by atoms with Crippen molar-refractivity contribution in [3.63, 3.8) is 0 Å². The predicted octanol–water partition coefficient (Wildman–Crippen LogP) is 2.67. The van der Waals surface area contributed by atoms with E-state index in [9.17, 15) is 18.3 Å². The molecule has 1 amide bonds. The van der Waals surface area contributed by atoms with E-state index in [2.05, 4.69) is 5.32 Å². The highest BCUT2D eigenvalue weighted by Crippen LogP contribution is 2.28. The molecule has 1 rings (SSSR count). The Labute approximate surface area is 115 Å². The molecule has 0 aliphatic rings. The van der Waals surface area contributed by atoms with Crippen LogP contribution in [-0.2, 0) is 13.8 Å². The topological polar surface area (TPSA) is 92.7 Å². The second-order valence-corrected chi connectivity index (χ2v) is 7.28. The average molecular weight is 308 g/mol. The maximum absolute atomic E-state index is 11.6. The first-order chi connectivity index (χ1) is 8.49. The maximum atomic E-state index is 11.6. The van der Waals surface area contributed by atoms with E-state index >= 15 is 0 Å². The van der Waals surface area contributed by atoms with Crippen LogP contribution in [0.3, 0.4) is 0 Å². The average Bonchev–Trinajstić information content (AvgIpc) is 2.16. The number of benzene rings is 1. The highest BCUT2D eigenvalue weighted by atomic mass is 35.7. The minimum absolute atomic E-state index is 0.0675. The van der Waals surface area contributed by atoms with Crippen LogP contribution in [0.4, 0.5) is 10.5 Å². The summed E-state index contributed by atoms with van der Waals surface area (Å²) in [6.45, 7) is 5.01. The molecule has 0 saturated heterocycles. The van der Waals surface area contributed by atoms with Gasteiger partial charge in [-0.3, -0.25) is 5.32 Å². The summed E-state index contributed by atoms with van der Waals surface area (Å²) in [5.41, 5.74) is -0.789. The molecule has 2 N–H and O–H groups in total. The number of halogens is 1. The zero-order chi connectivity index (χ0) is 14.8. The summed E-state index contributed by atoms with van der Waals surface area (Å²) in [5, 5.41) is 11.5. The number of phenols is 1. The summed E-state index contributed by atoms with van der Waals surface area (Å²) in [7, 11) is 1.12. The molecule has 0 aliphatic heterocycles. The van der Waals surface area contributed by atoms with E-state index in [4.69, 9.17) is 15.4 Å². The smallest absolute Gasteiger partial charge is 0.412 e. The van der Waals surface area contributed by atoms with Gasteiger partial charge in [0.15, 0.2) is 0 Å². The third-order valence-corrected chi connectivity index (χ3v) is 3.23. The second-order valence-electron chi connectivity index (χ2n) is 4.75. The summed E-state index contributed by atoms with van der Waals surface area (Å²) in [6, 6.07) is 3.38. The number of aromatic hydroxyl groups is 1. The predicted molar refractivity (Wildman–Crippen MR) is 71.0 cm³/mol. The van der Waals surface area contributed by atoms with Gasteiger partial charge in [-0.2, -0.15) is 0 Å². The second kappa shape index (κ2) is 5.26. The van der Waals surface area contributed by atoms with Crippen molar-refractivity contribution in [3.8, 4) is 5.75 Å². The number of hydrogen-bond donors (Lipinski definition) is 2. The molecule has 0 spiro atoms. The molecular weight excluding hydrogens is 294 g/mol. The molecule has 0 aliphatic carbocycles. The zero-order valence-corrected chi connectivity index (χ0v) is 12.2. The lowest BCUT2D eigenvalue weighted by Crippen LogP contribution is -2.27. The lowest BCUT2D eigenvalue weighted by Gasteiger charge is -2.20. The largest absolute Gasteiger partial charge is 0.508 e. The van der Waals surface area contributed by atoms with Gasteiger partial charge in [0.25, 0.3) is 9.05 Å². The summed E-state index contributed by atoms with van der Waals surface area (Å²) >= 11 is 0. The van der Waals surface area contributed by atoms with Crippen LogP contribution in [0.1, 0.15) is 20.8 Å². The molecule has 0 bridgehead atoms. The molecule has 1 aromatic rings. The Morgan fingerprint density at radius 3 is 2.42 bits per heavy atom. The third-order valence-electron chi connectivity index (χ3n) is 1.86. The van der Waals surface area contributed by atoms with E-state index in [-0.39, 0.29) is 11.4 Å². The van der Waals surface area contributed by atoms with Gasteiger partial charge in [0.2, 0.25) is 0 Å². The fourth-order valence-corrected chi connectivity index (χ4v) is 2.26. The maximum Gasteiger partial charge on any atom is 0.412 e. The fourth-order valence-electron chi connectivity index (χ4n) is 1.23. The first kappa shape index (κ1) is 15.6. The van der Waals surface area contributed by atoms with Gasteiger partial charge < -0.3 is 9.84 Å². The number of amides is 1. The van der Waals surface area contributed by atoms with Gasteiger partial charge in [-0.1, -0.05) is 0 Å². The van der Waals surface area contributed by atoms with Gasteiger partial charge in [0.05, 0.1) is 5.69 Å². The van der Waals surface area contributed by atoms with Crippen LogP contribution in [0.15, 0.2) is 23.1 Å². The first-order valence-electron chi connectivity index (χ1n) is 5.27. The molecule has 0 atom stereocenters. The van der Waals surface area contributed by atoms with Gasteiger partial charge in [-0.05, 0) is 32.9 Å². The molecular formula is C11H14ClNO5S. The highest BCUT2D eigenvalue weighted by Gasteiger charge is 2.21. The lowest BCUT2D eigenvalue weighted by atomic mass is 10.2. The quantitative estimate of drug-likeness (QED) is 0.647. The summed E-state index contributed by atoms with van der Waals surface area (Å²) in [4.78, 5) is 11.2. The molecule has 0 aromatic heterocycles. The minimum Gasteiger partial charge on any atom is -0.508 e. The number of carbonyl (C=O) groups excluding carboxylic acids is 1. The number of rotatable bonds is 2. The lowest BCUT2D eigenvalue weighted by molar-refractivity contribution is 0.0635. The molecule has 6 nitrogen and oxygen atoms in total. The van der Waals surface area contributed by atoms with Crippen molar-refractivity contribution in [1.82, 2.24) is 0 Å². The summed E-state index contributed by atoms with van der Waals surface area (Å²) < 4.78 is 27.7. The van der Waals surface area contributed by atoms with Gasteiger partial charge >= 0.3 is 6.09 Å². The number of anilines is 1. The van der Waals surface area contributed by atoms with Crippen molar-refractivity contribution in [1.29, 1.82) is 0 Å². The third kappa shape index (κ3) is 4.96. The Kier molecular flexibility index (Phi) is 4.32. The molecule has 0 saturated carbocycles. The van der Waals surface area contributed by atoms with Gasteiger partial charge in [0, 0.05) is 16.7 Å². The SMILES string of the molecule is CC(C)(C)OC(=O)Nc1ccc(O)cc1S(=O)(=O)Cl. The number of carbonyl (C=O) groups is 1. The first-order valence-corrected chi connectivity index (χ1v) is 7.58. The Hall–Kier alpha value is -1.47. The van der Waals surface area contributed by atoms with Crippen LogP contribution in [0.5, 0.6) is 5.75 Å². The zero-order valence-electron chi connectivity index (χ0n) is 10.6. The van der Waals surface area contributed by atoms with Crippen LogP contribution >= 0.6 is 10.7 Å². The van der Waals surface area contributed by atoms with Crippen molar-refractivity contribution >= 4 is 31.5 Å². The van der Waals surface area contributed by atoms with E-state index in [0.29, 0.717) is 0 Å². The Morgan fingerprint density at radius 2 is 1.95 bits per heavy atom. The Balaban J connectivity index is 3.06. The molecule has 0 heterocycles. The van der Waals surface area contributed by atoms with E-state index < -0.39 is 25.6 Å².